The smallest absolute Gasteiger partial charge is 0.341 e. The molecule has 1 atom stereocenters. The van der Waals surface area contributed by atoms with Crippen LogP contribution in [0, 0.1) is 6.92 Å². The number of hydrogen-bond acceptors (Lipinski definition) is 3. The maximum atomic E-state index is 11.5. The second-order valence-electron chi connectivity index (χ2n) is 5.32. The van der Waals surface area contributed by atoms with E-state index in [0.717, 1.165) is 31.6 Å². The SMILES string of the molecule is CCC1CCCCCN1c1c(C(=O)O)c(C)nn1C. The van der Waals surface area contributed by atoms with Crippen LogP contribution in [-0.4, -0.2) is 33.4 Å². The molecule has 1 fully saturated rings. The van der Waals surface area contributed by atoms with Crippen LogP contribution in [0.3, 0.4) is 0 Å². The summed E-state index contributed by atoms with van der Waals surface area (Å²) in [5, 5.41) is 13.7. The predicted molar refractivity (Wildman–Crippen MR) is 74.8 cm³/mol. The summed E-state index contributed by atoms with van der Waals surface area (Å²) in [4.78, 5) is 13.8. The molecule has 0 amide bonds. The van der Waals surface area contributed by atoms with Gasteiger partial charge in [-0.3, -0.25) is 4.68 Å². The minimum atomic E-state index is -0.875. The fourth-order valence-electron chi connectivity index (χ4n) is 3.11. The van der Waals surface area contributed by atoms with Gasteiger partial charge >= 0.3 is 5.97 Å². The van der Waals surface area contributed by atoms with Crippen molar-refractivity contribution in [3.63, 3.8) is 0 Å². The summed E-state index contributed by atoms with van der Waals surface area (Å²) in [6, 6.07) is 0.426. The maximum Gasteiger partial charge on any atom is 0.341 e. The molecule has 1 N–H and O–H groups in total. The van der Waals surface area contributed by atoms with Gasteiger partial charge in [0, 0.05) is 19.6 Å². The lowest BCUT2D eigenvalue weighted by atomic mass is 10.1. The Labute approximate surface area is 114 Å². The van der Waals surface area contributed by atoms with Crippen molar-refractivity contribution in [3.05, 3.63) is 11.3 Å². The lowest BCUT2D eigenvalue weighted by molar-refractivity contribution is 0.0696. The highest BCUT2D eigenvalue weighted by molar-refractivity contribution is 5.95. The molecular formula is C14H23N3O2. The Kier molecular flexibility index (Phi) is 4.12. The zero-order valence-corrected chi connectivity index (χ0v) is 12.0. The zero-order valence-electron chi connectivity index (χ0n) is 12.0. The van der Waals surface area contributed by atoms with Crippen molar-refractivity contribution in [2.24, 2.45) is 7.05 Å². The lowest BCUT2D eigenvalue weighted by Crippen LogP contribution is -2.36. The van der Waals surface area contributed by atoms with Crippen LogP contribution in [0.1, 0.15) is 55.1 Å². The Hall–Kier alpha value is -1.52. The van der Waals surface area contributed by atoms with E-state index >= 15 is 0 Å². The van der Waals surface area contributed by atoms with Crippen LogP contribution in [0.15, 0.2) is 0 Å². The van der Waals surface area contributed by atoms with E-state index in [9.17, 15) is 9.90 Å². The predicted octanol–water partition coefficient (Wildman–Crippen LogP) is 2.59. The molecular weight excluding hydrogens is 242 g/mol. The quantitative estimate of drug-likeness (QED) is 0.912. The largest absolute Gasteiger partial charge is 0.477 e. The number of aromatic nitrogens is 2. The van der Waals surface area contributed by atoms with Gasteiger partial charge in [0.25, 0.3) is 0 Å². The normalized spacial score (nSPS) is 20.4. The molecule has 0 aliphatic carbocycles. The number of nitrogens with zero attached hydrogens (tertiary/aromatic N) is 3. The van der Waals surface area contributed by atoms with Gasteiger partial charge in [0.1, 0.15) is 11.4 Å². The number of carboxylic acids is 1. The summed E-state index contributed by atoms with van der Waals surface area (Å²) in [5.41, 5.74) is 0.965. The zero-order chi connectivity index (χ0) is 14.0. The van der Waals surface area contributed by atoms with Gasteiger partial charge in [0.2, 0.25) is 0 Å². The van der Waals surface area contributed by atoms with Gasteiger partial charge in [-0.1, -0.05) is 19.8 Å². The second kappa shape index (κ2) is 5.63. The molecule has 2 heterocycles. The molecule has 2 rings (SSSR count). The molecule has 19 heavy (non-hydrogen) atoms. The van der Waals surface area contributed by atoms with Gasteiger partial charge in [0.15, 0.2) is 0 Å². The lowest BCUT2D eigenvalue weighted by Gasteiger charge is -2.31. The highest BCUT2D eigenvalue weighted by Gasteiger charge is 2.28. The topological polar surface area (TPSA) is 58.4 Å². The van der Waals surface area contributed by atoms with Crippen LogP contribution in [0.4, 0.5) is 5.82 Å². The van der Waals surface area contributed by atoms with Gasteiger partial charge in [-0.2, -0.15) is 5.10 Å². The molecule has 1 aromatic rings. The van der Waals surface area contributed by atoms with Crippen molar-refractivity contribution < 1.29 is 9.90 Å². The van der Waals surface area contributed by atoms with Gasteiger partial charge in [-0.25, -0.2) is 4.79 Å². The first-order valence-corrected chi connectivity index (χ1v) is 7.09. The highest BCUT2D eigenvalue weighted by Crippen LogP contribution is 2.30. The Morgan fingerprint density at radius 2 is 2.16 bits per heavy atom. The standard InChI is InChI=1S/C14H23N3O2/c1-4-11-8-6-5-7-9-17(11)13-12(14(18)19)10(2)15-16(13)3/h11H,4-9H2,1-3H3,(H,18,19). The molecule has 0 aromatic carbocycles. The Bertz CT molecular complexity index is 468. The van der Waals surface area contributed by atoms with Gasteiger partial charge in [0.05, 0.1) is 5.69 Å². The first kappa shape index (κ1) is 13.9. The molecule has 5 nitrogen and oxygen atoms in total. The molecule has 1 aliphatic heterocycles. The van der Waals surface area contributed by atoms with Crippen LogP contribution >= 0.6 is 0 Å². The molecule has 1 unspecified atom stereocenters. The van der Waals surface area contributed by atoms with E-state index in [1.54, 1.807) is 11.6 Å². The van der Waals surface area contributed by atoms with E-state index in [4.69, 9.17) is 0 Å². The van der Waals surface area contributed by atoms with Crippen molar-refractivity contribution in [2.45, 2.75) is 52.0 Å². The summed E-state index contributed by atoms with van der Waals surface area (Å²) in [6.45, 7) is 4.87. The maximum absolute atomic E-state index is 11.5. The second-order valence-corrected chi connectivity index (χ2v) is 5.32. The third-order valence-electron chi connectivity index (χ3n) is 4.03. The molecule has 1 saturated heterocycles. The average molecular weight is 265 g/mol. The average Bonchev–Trinajstić information content (AvgIpc) is 2.53. The van der Waals surface area contributed by atoms with Gasteiger partial charge in [-0.15, -0.1) is 0 Å². The number of carbonyl (C=O) groups is 1. The highest BCUT2D eigenvalue weighted by atomic mass is 16.4. The van der Waals surface area contributed by atoms with Crippen LogP contribution in [-0.2, 0) is 7.05 Å². The van der Waals surface area contributed by atoms with Crippen LogP contribution < -0.4 is 4.90 Å². The number of anilines is 1. The third kappa shape index (κ3) is 2.60. The Morgan fingerprint density at radius 3 is 2.79 bits per heavy atom. The molecule has 1 aliphatic rings. The number of rotatable bonds is 3. The molecule has 0 saturated carbocycles. The summed E-state index contributed by atoms with van der Waals surface area (Å²) in [6.07, 6.45) is 5.77. The number of aromatic carboxylic acids is 1. The molecule has 5 heteroatoms. The summed E-state index contributed by atoms with van der Waals surface area (Å²) >= 11 is 0. The molecule has 0 radical (unpaired) electrons. The summed E-state index contributed by atoms with van der Waals surface area (Å²) < 4.78 is 1.73. The van der Waals surface area contributed by atoms with E-state index in [0.29, 0.717) is 17.3 Å². The number of hydrogen-bond donors (Lipinski definition) is 1. The van der Waals surface area contributed by atoms with Crippen molar-refractivity contribution in [3.8, 4) is 0 Å². The van der Waals surface area contributed by atoms with Crippen molar-refractivity contribution in [1.82, 2.24) is 9.78 Å². The van der Waals surface area contributed by atoms with Crippen molar-refractivity contribution >= 4 is 11.8 Å². The van der Waals surface area contributed by atoms with Crippen molar-refractivity contribution in [2.75, 3.05) is 11.4 Å². The Morgan fingerprint density at radius 1 is 1.42 bits per heavy atom. The van der Waals surface area contributed by atoms with E-state index in [2.05, 4.69) is 16.9 Å². The van der Waals surface area contributed by atoms with Crippen molar-refractivity contribution in [1.29, 1.82) is 0 Å². The monoisotopic (exact) mass is 265 g/mol. The third-order valence-corrected chi connectivity index (χ3v) is 4.03. The summed E-state index contributed by atoms with van der Waals surface area (Å²) in [5.74, 6) is -0.0987. The molecule has 1 aromatic heterocycles. The van der Waals surface area contributed by atoms with E-state index in [1.165, 1.54) is 12.8 Å². The molecule has 0 bridgehead atoms. The van der Waals surface area contributed by atoms with Gasteiger partial charge < -0.3 is 10.0 Å². The van der Waals surface area contributed by atoms with Crippen LogP contribution in [0.2, 0.25) is 0 Å². The van der Waals surface area contributed by atoms with Crippen LogP contribution in [0.25, 0.3) is 0 Å². The fraction of sp³-hybridized carbons (Fsp3) is 0.714. The Balaban J connectivity index is 2.46. The minimum absolute atomic E-state index is 0.364. The molecule has 106 valence electrons. The number of carboxylic acid groups (broad SMARTS) is 1. The van der Waals surface area contributed by atoms with Crippen LogP contribution in [0.5, 0.6) is 0 Å². The first-order chi connectivity index (χ1) is 9.06. The van der Waals surface area contributed by atoms with Gasteiger partial charge in [-0.05, 0) is 26.2 Å². The minimum Gasteiger partial charge on any atom is -0.477 e. The van der Waals surface area contributed by atoms with E-state index < -0.39 is 5.97 Å². The van der Waals surface area contributed by atoms with E-state index in [-0.39, 0.29) is 0 Å². The molecule has 0 spiro atoms. The fourth-order valence-corrected chi connectivity index (χ4v) is 3.11. The number of aryl methyl sites for hydroxylation is 2. The first-order valence-electron chi connectivity index (χ1n) is 7.09. The van der Waals surface area contributed by atoms with E-state index in [1.807, 2.05) is 7.05 Å². The summed E-state index contributed by atoms with van der Waals surface area (Å²) in [7, 11) is 1.84.